The first-order valence-corrected chi connectivity index (χ1v) is 11.1. The lowest BCUT2D eigenvalue weighted by Gasteiger charge is -2.15. The number of rotatable bonds is 9. The summed E-state index contributed by atoms with van der Waals surface area (Å²) in [6.45, 7) is 4.06. The molecule has 1 atom stereocenters. The highest BCUT2D eigenvalue weighted by molar-refractivity contribution is 7.10. The van der Waals surface area contributed by atoms with Crippen molar-refractivity contribution in [2.75, 3.05) is 19.5 Å². The van der Waals surface area contributed by atoms with Crippen LogP contribution in [-0.2, 0) is 9.59 Å². The number of nitrogens with two attached hydrogens (primary N) is 1. The highest BCUT2D eigenvalue weighted by atomic mass is 32.1. The van der Waals surface area contributed by atoms with Crippen molar-refractivity contribution in [3.8, 4) is 33.1 Å². The molecule has 1 aromatic heterocycles. The molecule has 0 unspecified atom stereocenters. The van der Waals surface area contributed by atoms with Gasteiger partial charge in [0.2, 0.25) is 5.91 Å². The van der Waals surface area contributed by atoms with Gasteiger partial charge < -0.3 is 25.6 Å². The third-order valence-corrected chi connectivity index (χ3v) is 6.30. The van der Waals surface area contributed by atoms with E-state index in [1.165, 1.54) is 18.6 Å². The fourth-order valence-electron chi connectivity index (χ4n) is 3.43. The first-order valence-electron chi connectivity index (χ1n) is 10.3. The Bertz CT molecular complexity index is 1170. The smallest absolute Gasteiger partial charge is 0.303 e. The van der Waals surface area contributed by atoms with Crippen LogP contribution in [0.2, 0.25) is 0 Å². The second-order valence-electron chi connectivity index (χ2n) is 7.63. The molecule has 0 aliphatic rings. The van der Waals surface area contributed by atoms with Crippen molar-refractivity contribution in [1.29, 1.82) is 0 Å². The topological polar surface area (TPSA) is 124 Å². The highest BCUT2D eigenvalue weighted by Crippen LogP contribution is 2.40. The normalized spacial score (nSPS) is 11.7. The largest absolute Gasteiger partial charge is 0.496 e. The summed E-state index contributed by atoms with van der Waals surface area (Å²) < 4.78 is 15.3. The van der Waals surface area contributed by atoms with Gasteiger partial charge >= 0.3 is 5.97 Å². The fourth-order valence-corrected chi connectivity index (χ4v) is 4.19. The van der Waals surface area contributed by atoms with E-state index in [1.54, 1.807) is 25.4 Å². The van der Waals surface area contributed by atoms with Gasteiger partial charge in [-0.25, -0.2) is 0 Å². The number of carboxylic acid groups (broad SMARTS) is 1. The van der Waals surface area contributed by atoms with Crippen LogP contribution < -0.4 is 20.5 Å². The molecule has 0 bridgehead atoms. The van der Waals surface area contributed by atoms with E-state index in [0.717, 1.165) is 38.4 Å². The number of methoxy groups -OCH3 is 2. The predicted molar refractivity (Wildman–Crippen MR) is 129 cm³/mol. The predicted octanol–water partition coefficient (Wildman–Crippen LogP) is 4.24. The van der Waals surface area contributed by atoms with Gasteiger partial charge in [0.25, 0.3) is 0 Å². The Kier molecular flexibility index (Phi) is 7.67. The monoisotopic (exact) mass is 469 g/mol. The maximum absolute atomic E-state index is 12.5. The zero-order chi connectivity index (χ0) is 24.1. The molecular formula is C24H27N3O5S. The average molecular weight is 470 g/mol. The number of aliphatic carboxylic acids is 1. The number of nitrogens with zero attached hydrogens (tertiary/aromatic N) is 1. The van der Waals surface area contributed by atoms with E-state index in [9.17, 15) is 9.59 Å². The number of amides is 1. The van der Waals surface area contributed by atoms with E-state index in [-0.39, 0.29) is 12.8 Å². The van der Waals surface area contributed by atoms with Gasteiger partial charge in [-0.05, 0) is 72.3 Å². The molecule has 33 heavy (non-hydrogen) atoms. The van der Waals surface area contributed by atoms with Crippen LogP contribution in [0.15, 0.2) is 36.5 Å². The van der Waals surface area contributed by atoms with Crippen molar-refractivity contribution >= 4 is 29.1 Å². The molecule has 0 fully saturated rings. The first-order chi connectivity index (χ1) is 15.7. The zero-order valence-corrected chi connectivity index (χ0v) is 19.8. The molecule has 8 nitrogen and oxygen atoms in total. The summed E-state index contributed by atoms with van der Waals surface area (Å²) in [7, 11) is 3.16. The summed E-state index contributed by atoms with van der Waals surface area (Å²) in [6.07, 6.45) is 1.64. The van der Waals surface area contributed by atoms with Crippen molar-refractivity contribution in [1.82, 2.24) is 4.37 Å². The SMILES string of the molecule is COc1ccc(-c2cnsc2-c2cc(C)c(C)c(OC)c2)cc1NC(=O)[C@@H](N)CCC(=O)O. The van der Waals surface area contributed by atoms with Crippen molar-refractivity contribution in [2.24, 2.45) is 5.73 Å². The summed E-state index contributed by atoms with van der Waals surface area (Å²) in [6, 6.07) is 8.60. The minimum absolute atomic E-state index is 0.0381. The number of carbonyl (C=O) groups excluding carboxylic acids is 1. The zero-order valence-electron chi connectivity index (χ0n) is 19.0. The van der Waals surface area contributed by atoms with Crippen LogP contribution in [0.1, 0.15) is 24.0 Å². The minimum atomic E-state index is -1.00. The molecule has 1 amide bonds. The molecule has 0 aliphatic carbocycles. The highest BCUT2D eigenvalue weighted by Gasteiger charge is 2.19. The van der Waals surface area contributed by atoms with Crippen molar-refractivity contribution in [2.45, 2.75) is 32.7 Å². The molecule has 3 rings (SSSR count). The number of aromatic nitrogens is 1. The van der Waals surface area contributed by atoms with Crippen molar-refractivity contribution < 1.29 is 24.2 Å². The quantitative estimate of drug-likeness (QED) is 0.428. The van der Waals surface area contributed by atoms with Crippen molar-refractivity contribution in [3.05, 3.63) is 47.7 Å². The van der Waals surface area contributed by atoms with Crippen LogP contribution in [-0.4, -0.2) is 41.6 Å². The molecule has 0 aliphatic heterocycles. The van der Waals surface area contributed by atoms with Crippen LogP contribution in [0.3, 0.4) is 0 Å². The van der Waals surface area contributed by atoms with Gasteiger partial charge in [-0.15, -0.1) is 0 Å². The molecule has 1 heterocycles. The Morgan fingerprint density at radius 3 is 2.52 bits per heavy atom. The molecule has 174 valence electrons. The summed E-state index contributed by atoms with van der Waals surface area (Å²) in [5.74, 6) is -0.204. The van der Waals surface area contributed by atoms with Gasteiger partial charge in [-0.3, -0.25) is 9.59 Å². The number of benzene rings is 2. The Balaban J connectivity index is 1.95. The van der Waals surface area contributed by atoms with Gasteiger partial charge in [-0.1, -0.05) is 12.1 Å². The number of hydrogen-bond acceptors (Lipinski definition) is 7. The van der Waals surface area contributed by atoms with E-state index in [2.05, 4.69) is 15.8 Å². The molecular weight excluding hydrogens is 442 g/mol. The van der Waals surface area contributed by atoms with Gasteiger partial charge in [0.1, 0.15) is 11.5 Å². The van der Waals surface area contributed by atoms with Crippen LogP contribution in [0.4, 0.5) is 5.69 Å². The number of aryl methyl sites for hydroxylation is 1. The molecule has 0 radical (unpaired) electrons. The van der Waals surface area contributed by atoms with Crippen LogP contribution in [0, 0.1) is 13.8 Å². The van der Waals surface area contributed by atoms with Gasteiger partial charge in [-0.2, -0.15) is 4.37 Å². The second kappa shape index (κ2) is 10.5. The van der Waals surface area contributed by atoms with E-state index < -0.39 is 17.9 Å². The third-order valence-electron chi connectivity index (χ3n) is 5.45. The van der Waals surface area contributed by atoms with E-state index >= 15 is 0 Å². The molecule has 0 spiro atoms. The fraction of sp³-hybridized carbons (Fsp3) is 0.292. The lowest BCUT2D eigenvalue weighted by Crippen LogP contribution is -2.36. The molecule has 4 N–H and O–H groups in total. The van der Waals surface area contributed by atoms with Crippen LogP contribution in [0.25, 0.3) is 21.6 Å². The van der Waals surface area contributed by atoms with Crippen LogP contribution in [0.5, 0.6) is 11.5 Å². The molecule has 0 saturated carbocycles. The number of nitrogens with one attached hydrogen (secondary N) is 1. The maximum atomic E-state index is 12.5. The molecule has 2 aromatic carbocycles. The number of carbonyl (C=O) groups is 2. The number of carboxylic acids is 1. The first kappa shape index (κ1) is 24.2. The molecule has 9 heteroatoms. The van der Waals surface area contributed by atoms with E-state index in [4.69, 9.17) is 20.3 Å². The average Bonchev–Trinajstić information content (AvgIpc) is 3.29. The minimum Gasteiger partial charge on any atom is -0.496 e. The lowest BCUT2D eigenvalue weighted by atomic mass is 9.99. The summed E-state index contributed by atoms with van der Waals surface area (Å²) in [5.41, 5.74) is 11.2. The Hall–Kier alpha value is -3.43. The number of ether oxygens (including phenoxy) is 2. The van der Waals surface area contributed by atoms with Crippen LogP contribution >= 0.6 is 11.5 Å². The number of hydrogen-bond donors (Lipinski definition) is 3. The van der Waals surface area contributed by atoms with Crippen molar-refractivity contribution in [3.63, 3.8) is 0 Å². The van der Waals surface area contributed by atoms with Gasteiger partial charge in [0.05, 0.1) is 30.8 Å². The van der Waals surface area contributed by atoms with E-state index in [0.29, 0.717) is 11.4 Å². The van der Waals surface area contributed by atoms with Gasteiger partial charge in [0.15, 0.2) is 0 Å². The summed E-state index contributed by atoms with van der Waals surface area (Å²) >= 11 is 1.38. The molecule has 3 aromatic rings. The summed E-state index contributed by atoms with van der Waals surface area (Å²) in [5, 5.41) is 11.6. The Labute approximate surface area is 196 Å². The van der Waals surface area contributed by atoms with Gasteiger partial charge in [0, 0.05) is 18.2 Å². The Morgan fingerprint density at radius 2 is 1.85 bits per heavy atom. The summed E-state index contributed by atoms with van der Waals surface area (Å²) in [4.78, 5) is 24.2. The standard InChI is InChI=1S/C24H27N3O5S/c1-13-9-16(11-21(32-4)14(13)2)23-17(12-26-33-23)15-5-7-20(31-3)19(10-15)27-24(30)18(25)6-8-22(28)29/h5,7,9-12,18H,6,8,25H2,1-4H3,(H,27,30)(H,28,29)/t18-/m0/s1. The van der Waals surface area contributed by atoms with E-state index in [1.807, 2.05) is 26.0 Å². The Morgan fingerprint density at radius 1 is 1.12 bits per heavy atom. The molecule has 0 saturated heterocycles. The lowest BCUT2D eigenvalue weighted by molar-refractivity contribution is -0.137. The second-order valence-corrected chi connectivity index (χ2v) is 8.43. The third kappa shape index (κ3) is 5.50. The number of anilines is 1. The maximum Gasteiger partial charge on any atom is 0.303 e.